The van der Waals surface area contributed by atoms with Gasteiger partial charge in [0.1, 0.15) is 5.69 Å². The third-order valence-electron chi connectivity index (χ3n) is 4.88. The van der Waals surface area contributed by atoms with E-state index in [9.17, 15) is 14.9 Å². The van der Waals surface area contributed by atoms with Crippen LogP contribution in [0.15, 0.2) is 42.5 Å². The van der Waals surface area contributed by atoms with Crippen LogP contribution in [0, 0.1) is 17.0 Å². The van der Waals surface area contributed by atoms with Gasteiger partial charge in [0, 0.05) is 24.7 Å². The molecule has 0 aliphatic carbocycles. The Balaban J connectivity index is 1.82. The van der Waals surface area contributed by atoms with Crippen LogP contribution in [0.25, 0.3) is 0 Å². The topological polar surface area (TPSA) is 75.5 Å². The van der Waals surface area contributed by atoms with Crippen molar-refractivity contribution in [1.82, 2.24) is 5.32 Å². The Bertz CT molecular complexity index is 829. The predicted octanol–water partition coefficient (Wildman–Crippen LogP) is 3.99. The number of benzene rings is 2. The predicted molar refractivity (Wildman–Crippen MR) is 102 cm³/mol. The Morgan fingerprint density at radius 2 is 1.88 bits per heavy atom. The van der Waals surface area contributed by atoms with Gasteiger partial charge in [0.15, 0.2) is 0 Å². The zero-order valence-electron chi connectivity index (χ0n) is 15.1. The lowest BCUT2D eigenvalue weighted by Crippen LogP contribution is -2.27. The first-order valence-corrected chi connectivity index (χ1v) is 8.87. The van der Waals surface area contributed by atoms with Crippen molar-refractivity contribution in [2.45, 2.75) is 32.7 Å². The second-order valence-corrected chi connectivity index (χ2v) is 6.71. The molecule has 1 amide bonds. The van der Waals surface area contributed by atoms with E-state index in [0.29, 0.717) is 11.3 Å². The maximum atomic E-state index is 12.6. The Morgan fingerprint density at radius 3 is 2.54 bits per heavy atom. The summed E-state index contributed by atoms with van der Waals surface area (Å²) in [5, 5.41) is 14.4. The second-order valence-electron chi connectivity index (χ2n) is 6.71. The van der Waals surface area contributed by atoms with Gasteiger partial charge in [-0.25, -0.2) is 0 Å². The normalized spacial score (nSPS) is 14.9. The molecule has 6 heteroatoms. The maximum absolute atomic E-state index is 12.6. The van der Waals surface area contributed by atoms with Crippen molar-refractivity contribution >= 4 is 17.3 Å². The van der Waals surface area contributed by atoms with Crippen molar-refractivity contribution in [3.8, 4) is 0 Å². The fraction of sp³-hybridized carbons (Fsp3) is 0.350. The molecule has 0 saturated carbocycles. The molecule has 0 bridgehead atoms. The number of carbonyl (C=O) groups excluding carboxylic acids is 1. The first-order valence-electron chi connectivity index (χ1n) is 8.87. The van der Waals surface area contributed by atoms with Crippen molar-refractivity contribution < 1.29 is 9.72 Å². The molecule has 26 heavy (non-hydrogen) atoms. The summed E-state index contributed by atoms with van der Waals surface area (Å²) in [5.41, 5.74) is 3.01. The SMILES string of the molecule is Cc1ccccc1C(C)NC(=O)c1ccc(N2CCCC2)c([N+](=O)[O-])c1. The molecule has 0 spiro atoms. The van der Waals surface area contributed by atoms with Gasteiger partial charge in [-0.3, -0.25) is 14.9 Å². The number of rotatable bonds is 5. The number of nitrogens with one attached hydrogen (secondary N) is 1. The molecule has 136 valence electrons. The van der Waals surface area contributed by atoms with E-state index in [1.54, 1.807) is 12.1 Å². The molecule has 1 fully saturated rings. The first kappa shape index (κ1) is 17.9. The van der Waals surface area contributed by atoms with Crippen LogP contribution in [0.4, 0.5) is 11.4 Å². The standard InChI is InChI=1S/C20H23N3O3/c1-14-7-3-4-8-17(14)15(2)21-20(24)16-9-10-18(19(13-16)23(25)26)22-11-5-6-12-22/h3-4,7-10,13,15H,5-6,11-12H2,1-2H3,(H,21,24). The van der Waals surface area contributed by atoms with E-state index in [2.05, 4.69) is 5.32 Å². The molecule has 1 aliphatic rings. The number of nitro groups is 1. The Morgan fingerprint density at radius 1 is 1.19 bits per heavy atom. The van der Waals surface area contributed by atoms with E-state index in [-0.39, 0.29) is 17.6 Å². The van der Waals surface area contributed by atoms with E-state index in [4.69, 9.17) is 0 Å². The number of nitro benzene ring substituents is 1. The van der Waals surface area contributed by atoms with Gasteiger partial charge < -0.3 is 10.2 Å². The summed E-state index contributed by atoms with van der Waals surface area (Å²) in [6.07, 6.45) is 2.07. The van der Waals surface area contributed by atoms with Crippen LogP contribution < -0.4 is 10.2 Å². The fourth-order valence-electron chi connectivity index (χ4n) is 3.47. The van der Waals surface area contributed by atoms with E-state index in [1.165, 1.54) is 6.07 Å². The van der Waals surface area contributed by atoms with E-state index in [0.717, 1.165) is 37.1 Å². The van der Waals surface area contributed by atoms with Gasteiger partial charge in [0.05, 0.1) is 11.0 Å². The Labute approximate surface area is 153 Å². The van der Waals surface area contributed by atoms with Gasteiger partial charge in [-0.05, 0) is 49.9 Å². The van der Waals surface area contributed by atoms with Crippen LogP contribution in [-0.4, -0.2) is 23.9 Å². The van der Waals surface area contributed by atoms with Crippen molar-refractivity contribution in [3.63, 3.8) is 0 Å². The molecule has 2 aromatic carbocycles. The molecule has 0 radical (unpaired) electrons. The lowest BCUT2D eigenvalue weighted by atomic mass is 10.0. The Hall–Kier alpha value is -2.89. The molecular weight excluding hydrogens is 330 g/mol. The lowest BCUT2D eigenvalue weighted by Gasteiger charge is -2.19. The summed E-state index contributed by atoms with van der Waals surface area (Å²) < 4.78 is 0. The van der Waals surface area contributed by atoms with Gasteiger partial charge in [-0.15, -0.1) is 0 Å². The zero-order valence-corrected chi connectivity index (χ0v) is 15.1. The molecule has 1 unspecified atom stereocenters. The lowest BCUT2D eigenvalue weighted by molar-refractivity contribution is -0.384. The maximum Gasteiger partial charge on any atom is 0.293 e. The van der Waals surface area contributed by atoms with E-state index >= 15 is 0 Å². The molecule has 0 aromatic heterocycles. The summed E-state index contributed by atoms with van der Waals surface area (Å²) in [5.74, 6) is -0.308. The summed E-state index contributed by atoms with van der Waals surface area (Å²) in [6.45, 7) is 5.54. The van der Waals surface area contributed by atoms with E-state index < -0.39 is 4.92 Å². The van der Waals surface area contributed by atoms with Gasteiger partial charge in [0.2, 0.25) is 0 Å². The van der Waals surface area contributed by atoms with Crippen LogP contribution in [0.3, 0.4) is 0 Å². The summed E-state index contributed by atoms with van der Waals surface area (Å²) >= 11 is 0. The highest BCUT2D eigenvalue weighted by atomic mass is 16.6. The average Bonchev–Trinajstić information content (AvgIpc) is 3.15. The van der Waals surface area contributed by atoms with Crippen molar-refractivity contribution in [1.29, 1.82) is 0 Å². The Kier molecular flexibility index (Phi) is 5.21. The van der Waals surface area contributed by atoms with Crippen LogP contribution >= 0.6 is 0 Å². The van der Waals surface area contributed by atoms with Crippen LogP contribution in [0.5, 0.6) is 0 Å². The summed E-state index contributed by atoms with van der Waals surface area (Å²) in [6, 6.07) is 12.4. The molecule has 2 aromatic rings. The minimum Gasteiger partial charge on any atom is -0.366 e. The van der Waals surface area contributed by atoms with Crippen molar-refractivity contribution in [2.24, 2.45) is 0 Å². The number of nitrogens with zero attached hydrogens (tertiary/aromatic N) is 2. The highest BCUT2D eigenvalue weighted by Gasteiger charge is 2.24. The van der Waals surface area contributed by atoms with E-state index in [1.807, 2.05) is 43.0 Å². The van der Waals surface area contributed by atoms with Gasteiger partial charge >= 0.3 is 0 Å². The largest absolute Gasteiger partial charge is 0.366 e. The summed E-state index contributed by atoms with van der Waals surface area (Å²) in [7, 11) is 0. The minimum absolute atomic E-state index is 0.0110. The van der Waals surface area contributed by atoms with Gasteiger partial charge in [-0.2, -0.15) is 0 Å². The molecule has 6 nitrogen and oxygen atoms in total. The smallest absolute Gasteiger partial charge is 0.293 e. The van der Waals surface area contributed by atoms with Gasteiger partial charge in [0.25, 0.3) is 11.6 Å². The average molecular weight is 353 g/mol. The number of amides is 1. The van der Waals surface area contributed by atoms with Gasteiger partial charge in [-0.1, -0.05) is 24.3 Å². The van der Waals surface area contributed by atoms with Crippen LogP contribution in [0.2, 0.25) is 0 Å². The number of aryl methyl sites for hydroxylation is 1. The molecule has 1 saturated heterocycles. The number of anilines is 1. The zero-order chi connectivity index (χ0) is 18.7. The molecule has 1 aliphatic heterocycles. The molecule has 3 rings (SSSR count). The first-order chi connectivity index (χ1) is 12.5. The molecular formula is C20H23N3O3. The van der Waals surface area contributed by atoms with Crippen molar-refractivity contribution in [3.05, 3.63) is 69.3 Å². The quantitative estimate of drug-likeness (QED) is 0.651. The monoisotopic (exact) mass is 353 g/mol. The highest BCUT2D eigenvalue weighted by molar-refractivity contribution is 5.96. The molecule has 1 N–H and O–H groups in total. The highest BCUT2D eigenvalue weighted by Crippen LogP contribution is 2.31. The fourth-order valence-corrected chi connectivity index (χ4v) is 3.47. The van der Waals surface area contributed by atoms with Crippen LogP contribution in [0.1, 0.15) is 47.3 Å². The number of carbonyl (C=O) groups is 1. The number of hydrogen-bond donors (Lipinski definition) is 1. The minimum atomic E-state index is -0.408. The second kappa shape index (κ2) is 7.56. The van der Waals surface area contributed by atoms with Crippen LogP contribution in [-0.2, 0) is 0 Å². The third kappa shape index (κ3) is 3.69. The molecule has 1 heterocycles. The summed E-state index contributed by atoms with van der Waals surface area (Å²) in [4.78, 5) is 25.7. The molecule has 1 atom stereocenters. The third-order valence-corrected chi connectivity index (χ3v) is 4.88. The van der Waals surface area contributed by atoms with Crippen molar-refractivity contribution in [2.75, 3.05) is 18.0 Å². The number of hydrogen-bond acceptors (Lipinski definition) is 4.